The third-order valence-corrected chi connectivity index (χ3v) is 6.41. The second-order valence-electron chi connectivity index (χ2n) is 7.57. The van der Waals surface area contributed by atoms with Gasteiger partial charge < -0.3 is 4.90 Å². The molecule has 1 unspecified atom stereocenters. The number of imidazole rings is 1. The predicted molar refractivity (Wildman–Crippen MR) is 120 cm³/mol. The first kappa shape index (κ1) is 24.3. The molecule has 2 heterocycles. The fraction of sp³-hybridized carbons (Fsp3) is 0.125. The van der Waals surface area contributed by atoms with E-state index in [0.29, 0.717) is 6.07 Å². The molecule has 0 N–H and O–H groups in total. The number of amides is 1. The van der Waals surface area contributed by atoms with Gasteiger partial charge in [0.05, 0.1) is 22.7 Å². The molecule has 0 saturated carbocycles. The summed E-state index contributed by atoms with van der Waals surface area (Å²) in [6.07, 6.45) is 4.35. The summed E-state index contributed by atoms with van der Waals surface area (Å²) in [5.74, 6) is -5.56. The SMILES string of the molecule is CN(Cc1ccncc1)C(=O)c1cnc(S(=O)Cc2c(F)ccc(F)c2F)n1-c1ccc(F)cc1. The van der Waals surface area contributed by atoms with E-state index in [-0.39, 0.29) is 23.1 Å². The normalized spacial score (nSPS) is 11.9. The van der Waals surface area contributed by atoms with E-state index < -0.39 is 51.3 Å². The molecule has 0 radical (unpaired) electrons. The monoisotopic (exact) mass is 502 g/mol. The van der Waals surface area contributed by atoms with E-state index in [1.807, 2.05) is 0 Å². The zero-order valence-corrected chi connectivity index (χ0v) is 19.1. The Morgan fingerprint density at radius 3 is 2.31 bits per heavy atom. The molecule has 180 valence electrons. The zero-order chi connectivity index (χ0) is 25.1. The summed E-state index contributed by atoms with van der Waals surface area (Å²) in [5, 5.41) is -0.208. The van der Waals surface area contributed by atoms with E-state index in [9.17, 15) is 26.6 Å². The van der Waals surface area contributed by atoms with Crippen molar-refractivity contribution in [3.05, 3.63) is 107 Å². The van der Waals surface area contributed by atoms with Crippen molar-refractivity contribution in [2.24, 2.45) is 0 Å². The quantitative estimate of drug-likeness (QED) is 0.278. The van der Waals surface area contributed by atoms with Crippen molar-refractivity contribution in [3.8, 4) is 5.69 Å². The zero-order valence-electron chi connectivity index (χ0n) is 18.3. The van der Waals surface area contributed by atoms with Crippen LogP contribution in [-0.2, 0) is 23.1 Å². The summed E-state index contributed by atoms with van der Waals surface area (Å²) in [5.41, 5.74) is 0.356. The third-order valence-electron chi connectivity index (χ3n) is 5.17. The lowest BCUT2D eigenvalue weighted by Gasteiger charge is -2.19. The molecule has 6 nitrogen and oxygen atoms in total. The van der Waals surface area contributed by atoms with Crippen LogP contribution in [0.3, 0.4) is 0 Å². The molecule has 0 saturated heterocycles. The lowest BCUT2D eigenvalue weighted by Crippen LogP contribution is -2.28. The Morgan fingerprint density at radius 2 is 1.63 bits per heavy atom. The summed E-state index contributed by atoms with van der Waals surface area (Å²) in [6.45, 7) is 0.230. The van der Waals surface area contributed by atoms with Crippen LogP contribution in [0.15, 0.2) is 72.3 Å². The summed E-state index contributed by atoms with van der Waals surface area (Å²) < 4.78 is 69.9. The number of carbonyl (C=O) groups excluding carboxylic acids is 1. The van der Waals surface area contributed by atoms with E-state index in [2.05, 4.69) is 9.97 Å². The summed E-state index contributed by atoms with van der Waals surface area (Å²) in [4.78, 5) is 22.7. The lowest BCUT2D eigenvalue weighted by atomic mass is 10.2. The highest BCUT2D eigenvalue weighted by Gasteiger charge is 2.26. The second kappa shape index (κ2) is 10.2. The van der Waals surface area contributed by atoms with Gasteiger partial charge in [-0.2, -0.15) is 0 Å². The van der Waals surface area contributed by atoms with Gasteiger partial charge >= 0.3 is 0 Å². The van der Waals surface area contributed by atoms with Crippen LogP contribution in [0.5, 0.6) is 0 Å². The molecular weight excluding hydrogens is 484 g/mol. The van der Waals surface area contributed by atoms with Crippen molar-refractivity contribution in [2.75, 3.05) is 7.05 Å². The van der Waals surface area contributed by atoms with Gasteiger partial charge in [-0.3, -0.25) is 18.6 Å². The number of rotatable bonds is 7. The molecule has 0 aliphatic carbocycles. The molecule has 4 rings (SSSR count). The Morgan fingerprint density at radius 1 is 0.971 bits per heavy atom. The van der Waals surface area contributed by atoms with Gasteiger partial charge in [-0.1, -0.05) is 0 Å². The molecule has 1 amide bonds. The van der Waals surface area contributed by atoms with Crippen LogP contribution in [0.1, 0.15) is 21.6 Å². The first-order valence-corrected chi connectivity index (χ1v) is 11.6. The lowest BCUT2D eigenvalue weighted by molar-refractivity contribution is 0.0776. The molecule has 1 atom stereocenters. The molecule has 0 aliphatic heterocycles. The fourth-order valence-electron chi connectivity index (χ4n) is 3.41. The van der Waals surface area contributed by atoms with Crippen LogP contribution in [0, 0.1) is 23.3 Å². The Labute approximate surface area is 200 Å². The Hall–Kier alpha value is -3.86. The van der Waals surface area contributed by atoms with E-state index >= 15 is 0 Å². The van der Waals surface area contributed by atoms with Crippen molar-refractivity contribution in [1.29, 1.82) is 0 Å². The number of hydrogen-bond donors (Lipinski definition) is 0. The minimum absolute atomic E-state index is 0.00306. The first-order valence-electron chi connectivity index (χ1n) is 10.2. The van der Waals surface area contributed by atoms with Gasteiger partial charge in [-0.05, 0) is 54.1 Å². The van der Waals surface area contributed by atoms with Gasteiger partial charge in [0, 0.05) is 37.2 Å². The number of benzene rings is 2. The van der Waals surface area contributed by atoms with E-state index in [0.717, 1.165) is 23.8 Å². The van der Waals surface area contributed by atoms with Gasteiger partial charge in [-0.15, -0.1) is 0 Å². The van der Waals surface area contributed by atoms with E-state index in [4.69, 9.17) is 0 Å². The van der Waals surface area contributed by atoms with Gasteiger partial charge in [0.15, 0.2) is 11.6 Å². The average Bonchev–Trinajstić information content (AvgIpc) is 3.30. The van der Waals surface area contributed by atoms with Crippen molar-refractivity contribution in [2.45, 2.75) is 17.5 Å². The maximum absolute atomic E-state index is 14.2. The maximum atomic E-state index is 14.2. The van der Waals surface area contributed by atoms with Crippen molar-refractivity contribution in [3.63, 3.8) is 0 Å². The molecule has 2 aromatic heterocycles. The Kier molecular flexibility index (Phi) is 7.06. The van der Waals surface area contributed by atoms with Gasteiger partial charge in [0.2, 0.25) is 5.16 Å². The van der Waals surface area contributed by atoms with Crippen LogP contribution in [-0.4, -0.2) is 36.6 Å². The van der Waals surface area contributed by atoms with Crippen LogP contribution < -0.4 is 0 Å². The average molecular weight is 502 g/mol. The molecule has 11 heteroatoms. The van der Waals surface area contributed by atoms with Crippen molar-refractivity contribution in [1.82, 2.24) is 19.4 Å². The Balaban J connectivity index is 1.73. The highest BCUT2D eigenvalue weighted by atomic mass is 32.2. The minimum Gasteiger partial charge on any atom is -0.336 e. The van der Waals surface area contributed by atoms with Crippen molar-refractivity contribution >= 4 is 16.7 Å². The van der Waals surface area contributed by atoms with Crippen LogP contribution in [0.2, 0.25) is 0 Å². The number of hydrogen-bond acceptors (Lipinski definition) is 4. The number of carbonyl (C=O) groups is 1. The van der Waals surface area contributed by atoms with Crippen LogP contribution >= 0.6 is 0 Å². The molecule has 0 spiro atoms. The van der Waals surface area contributed by atoms with Crippen LogP contribution in [0.25, 0.3) is 5.69 Å². The minimum atomic E-state index is -2.20. The number of halogens is 4. The maximum Gasteiger partial charge on any atom is 0.272 e. The summed E-state index contributed by atoms with van der Waals surface area (Å²) in [6, 6.07) is 9.83. The molecule has 35 heavy (non-hydrogen) atoms. The highest BCUT2D eigenvalue weighted by Crippen LogP contribution is 2.24. The number of aromatic nitrogens is 3. The molecule has 4 aromatic rings. The first-order chi connectivity index (χ1) is 16.8. The molecule has 2 aromatic carbocycles. The second-order valence-corrected chi connectivity index (χ2v) is 8.91. The number of pyridine rings is 1. The third kappa shape index (κ3) is 5.14. The molecular formula is C24H18F4N4O2S. The molecule has 0 fully saturated rings. The van der Waals surface area contributed by atoms with E-state index in [1.54, 1.807) is 31.6 Å². The smallest absolute Gasteiger partial charge is 0.272 e. The van der Waals surface area contributed by atoms with Crippen LogP contribution in [0.4, 0.5) is 17.6 Å². The summed E-state index contributed by atoms with van der Waals surface area (Å²) in [7, 11) is -0.641. The molecule has 0 aliphatic rings. The predicted octanol–water partition coefficient (Wildman–Crippen LogP) is 4.40. The number of nitrogens with zero attached hydrogens (tertiary/aromatic N) is 4. The summed E-state index contributed by atoms with van der Waals surface area (Å²) >= 11 is 0. The standard InChI is InChI=1S/C24H18F4N4O2S/c1-31(13-15-8-10-29-11-9-15)23(33)21-12-30-24(32(21)17-4-2-16(25)3-5-17)35(34)14-18-19(26)6-7-20(27)22(18)28/h2-12H,13-14H2,1H3. The van der Waals surface area contributed by atoms with Gasteiger partial charge in [0.1, 0.15) is 17.3 Å². The van der Waals surface area contributed by atoms with Crippen molar-refractivity contribution < 1.29 is 26.6 Å². The van der Waals surface area contributed by atoms with Gasteiger partial charge in [-0.25, -0.2) is 22.5 Å². The highest BCUT2D eigenvalue weighted by molar-refractivity contribution is 7.84. The topological polar surface area (TPSA) is 68.1 Å². The fourth-order valence-corrected chi connectivity index (χ4v) is 4.65. The molecule has 0 bridgehead atoms. The van der Waals surface area contributed by atoms with Gasteiger partial charge in [0.25, 0.3) is 5.91 Å². The van der Waals surface area contributed by atoms with E-state index in [1.165, 1.54) is 27.8 Å². The largest absolute Gasteiger partial charge is 0.336 e. The Bertz CT molecular complexity index is 1390.